The normalized spacial score (nSPS) is 30.2. The van der Waals surface area contributed by atoms with Gasteiger partial charge >= 0.3 is 0 Å². The summed E-state index contributed by atoms with van der Waals surface area (Å²) in [4.78, 5) is 31.9. The molecule has 0 unspecified atom stereocenters. The number of hydrogen-bond donors (Lipinski definition) is 0. The number of piperazine rings is 1. The van der Waals surface area contributed by atoms with Crippen LogP contribution in [0.5, 0.6) is 0 Å². The van der Waals surface area contributed by atoms with E-state index in [9.17, 15) is 9.59 Å². The maximum atomic E-state index is 12.7. The number of amides is 2. The molecule has 1 aromatic rings. The first kappa shape index (κ1) is 21.7. The third-order valence-electron chi connectivity index (χ3n) is 7.21. The van der Waals surface area contributed by atoms with Crippen molar-refractivity contribution in [2.24, 2.45) is 23.7 Å². The second kappa shape index (κ2) is 8.89. The van der Waals surface area contributed by atoms with E-state index in [4.69, 9.17) is 11.6 Å². The highest BCUT2D eigenvalue weighted by molar-refractivity contribution is 6.30. The second-order valence-corrected chi connectivity index (χ2v) is 9.28. The molecule has 2 saturated heterocycles. The fraction of sp³-hybridized carbons (Fsp3) is 0.565. The quantitative estimate of drug-likeness (QED) is 0.378. The predicted molar refractivity (Wildman–Crippen MR) is 121 cm³/mol. The van der Waals surface area contributed by atoms with Crippen LogP contribution in [-0.4, -0.2) is 60.9 Å². The summed E-state index contributed by atoms with van der Waals surface area (Å²) in [6.07, 6.45) is 7.23. The Hall–Kier alpha value is -1.56. The van der Waals surface area contributed by atoms with E-state index >= 15 is 0 Å². The Morgan fingerprint density at radius 1 is 0.900 bits per heavy atom. The molecular weight excluding hydrogens is 421 g/mol. The lowest BCUT2D eigenvalue weighted by molar-refractivity contribution is -0.140. The van der Waals surface area contributed by atoms with Gasteiger partial charge in [-0.3, -0.25) is 19.4 Å². The molecule has 30 heavy (non-hydrogen) atoms. The number of allylic oxidation sites excluding steroid dienone is 2. The van der Waals surface area contributed by atoms with Crippen molar-refractivity contribution in [3.8, 4) is 0 Å². The van der Waals surface area contributed by atoms with Crippen molar-refractivity contribution in [2.45, 2.75) is 19.3 Å². The lowest BCUT2D eigenvalue weighted by Crippen LogP contribution is -2.46. The Labute approximate surface area is 189 Å². The predicted octanol–water partition coefficient (Wildman–Crippen LogP) is 3.47. The number of benzene rings is 1. The number of likely N-dealkylation sites (tertiary alicyclic amines) is 1. The fourth-order valence-corrected chi connectivity index (χ4v) is 5.88. The summed E-state index contributed by atoms with van der Waals surface area (Å²) < 4.78 is 0. The first-order valence-corrected chi connectivity index (χ1v) is 11.3. The van der Waals surface area contributed by atoms with Crippen LogP contribution in [0.1, 0.15) is 19.3 Å². The summed E-state index contributed by atoms with van der Waals surface area (Å²) in [5.41, 5.74) is 1.19. The van der Waals surface area contributed by atoms with E-state index in [0.29, 0.717) is 18.4 Å². The minimum Gasteiger partial charge on any atom is -0.369 e. The lowest BCUT2D eigenvalue weighted by atomic mass is 9.85. The Bertz CT molecular complexity index is 807. The van der Waals surface area contributed by atoms with E-state index in [1.165, 1.54) is 5.69 Å². The monoisotopic (exact) mass is 449 g/mol. The number of nitrogens with zero attached hydrogens (tertiary/aromatic N) is 3. The molecule has 4 atom stereocenters. The highest BCUT2D eigenvalue weighted by atomic mass is 35.5. The average molecular weight is 450 g/mol. The third-order valence-corrected chi connectivity index (χ3v) is 7.45. The van der Waals surface area contributed by atoms with Crippen molar-refractivity contribution in [1.29, 1.82) is 0 Å². The van der Waals surface area contributed by atoms with E-state index in [1.807, 2.05) is 18.2 Å². The van der Waals surface area contributed by atoms with Crippen LogP contribution in [0, 0.1) is 23.7 Å². The molecule has 2 aliphatic heterocycles. The van der Waals surface area contributed by atoms with Crippen molar-refractivity contribution in [2.75, 3.05) is 44.2 Å². The molecule has 3 fully saturated rings. The zero-order valence-corrected chi connectivity index (χ0v) is 18.7. The Kier molecular flexibility index (Phi) is 6.42. The van der Waals surface area contributed by atoms with Crippen LogP contribution in [0.3, 0.4) is 0 Å². The van der Waals surface area contributed by atoms with Gasteiger partial charge in [-0.2, -0.15) is 0 Å². The fourth-order valence-electron chi connectivity index (χ4n) is 5.69. The maximum Gasteiger partial charge on any atom is 0.233 e. The number of rotatable bonds is 6. The molecule has 7 heteroatoms. The Morgan fingerprint density at radius 3 is 2.17 bits per heavy atom. The number of anilines is 1. The molecule has 2 aliphatic carbocycles. The third kappa shape index (κ3) is 3.88. The Balaban J connectivity index is 0.00000218. The largest absolute Gasteiger partial charge is 0.369 e. The van der Waals surface area contributed by atoms with Gasteiger partial charge < -0.3 is 4.90 Å². The summed E-state index contributed by atoms with van der Waals surface area (Å²) in [6, 6.07) is 8.05. The van der Waals surface area contributed by atoms with E-state index in [0.717, 1.165) is 57.0 Å². The Morgan fingerprint density at radius 2 is 1.53 bits per heavy atom. The molecule has 2 amide bonds. The number of hydrogen-bond acceptors (Lipinski definition) is 4. The number of carbonyl (C=O) groups excluding carboxylic acids is 2. The van der Waals surface area contributed by atoms with E-state index < -0.39 is 0 Å². The minimum atomic E-state index is -0.0583. The summed E-state index contributed by atoms with van der Waals surface area (Å²) in [6.45, 7) is 5.69. The van der Waals surface area contributed by atoms with Gasteiger partial charge in [0.15, 0.2) is 0 Å². The smallest absolute Gasteiger partial charge is 0.233 e. The number of carbonyl (C=O) groups is 2. The van der Waals surface area contributed by atoms with Crippen LogP contribution in [-0.2, 0) is 9.59 Å². The topological polar surface area (TPSA) is 43.9 Å². The molecule has 1 aromatic carbocycles. The van der Waals surface area contributed by atoms with Crippen molar-refractivity contribution in [3.05, 3.63) is 41.4 Å². The SMILES string of the molecule is Cl.O=C1[C@@H]2[C@H](C(=O)N1CCCCN1CCN(c3cccc(Cl)c3)CC1)[C@@H]1C=C[C@H]2C1. The van der Waals surface area contributed by atoms with Gasteiger partial charge in [0.05, 0.1) is 11.8 Å². The van der Waals surface area contributed by atoms with Gasteiger partial charge in [-0.05, 0) is 55.8 Å². The van der Waals surface area contributed by atoms with Crippen molar-refractivity contribution < 1.29 is 9.59 Å². The highest BCUT2D eigenvalue weighted by Crippen LogP contribution is 2.52. The van der Waals surface area contributed by atoms with Gasteiger partial charge in [-0.25, -0.2) is 0 Å². The zero-order chi connectivity index (χ0) is 20.0. The molecule has 162 valence electrons. The average Bonchev–Trinajstić information content (AvgIpc) is 3.41. The maximum absolute atomic E-state index is 12.7. The first-order chi connectivity index (χ1) is 14.1. The number of halogens is 2. The standard InChI is InChI=1S/C23H28ClN3O2.ClH/c24-18-4-3-5-19(15-18)26-12-10-25(11-13-26)8-1-2-9-27-22(28)20-16-6-7-17(14-16)21(20)23(27)29;/h3-7,15-17,20-21H,1-2,8-14H2;1H/t16-,17+,20-,21+;. The van der Waals surface area contributed by atoms with Crippen molar-refractivity contribution in [3.63, 3.8) is 0 Å². The van der Waals surface area contributed by atoms with E-state index in [1.54, 1.807) is 4.90 Å². The van der Waals surface area contributed by atoms with Crippen molar-refractivity contribution in [1.82, 2.24) is 9.80 Å². The van der Waals surface area contributed by atoms with Gasteiger partial charge in [0.25, 0.3) is 0 Å². The van der Waals surface area contributed by atoms with Crippen LogP contribution >= 0.6 is 24.0 Å². The van der Waals surface area contributed by atoms with Gasteiger partial charge in [-0.15, -0.1) is 12.4 Å². The minimum absolute atomic E-state index is 0. The van der Waals surface area contributed by atoms with Gasteiger partial charge in [0.1, 0.15) is 0 Å². The molecule has 4 aliphatic rings. The van der Waals surface area contributed by atoms with Gasteiger partial charge in [-0.1, -0.05) is 29.8 Å². The molecular formula is C23H29Cl2N3O2. The van der Waals surface area contributed by atoms with Crippen LogP contribution in [0.2, 0.25) is 5.02 Å². The molecule has 0 radical (unpaired) electrons. The summed E-state index contributed by atoms with van der Waals surface area (Å²) in [5.74, 6) is 0.678. The van der Waals surface area contributed by atoms with Crippen LogP contribution < -0.4 is 4.90 Å². The van der Waals surface area contributed by atoms with E-state index in [-0.39, 0.29) is 36.1 Å². The molecule has 0 aromatic heterocycles. The molecule has 0 N–H and O–H groups in total. The molecule has 5 rings (SSSR count). The lowest BCUT2D eigenvalue weighted by Gasteiger charge is -2.36. The first-order valence-electron chi connectivity index (χ1n) is 10.9. The number of fused-ring (bicyclic) bond motifs is 5. The molecule has 1 saturated carbocycles. The number of unbranched alkanes of at least 4 members (excludes halogenated alkanes) is 1. The van der Waals surface area contributed by atoms with Gasteiger partial charge in [0, 0.05) is 43.4 Å². The molecule has 2 bridgehead atoms. The number of imide groups is 1. The van der Waals surface area contributed by atoms with Crippen molar-refractivity contribution >= 4 is 41.5 Å². The zero-order valence-electron chi connectivity index (χ0n) is 17.1. The van der Waals surface area contributed by atoms with Crippen LogP contribution in [0.4, 0.5) is 5.69 Å². The molecule has 2 heterocycles. The highest BCUT2D eigenvalue weighted by Gasteiger charge is 2.58. The van der Waals surface area contributed by atoms with Gasteiger partial charge in [0.2, 0.25) is 11.8 Å². The summed E-state index contributed by atoms with van der Waals surface area (Å²) in [7, 11) is 0. The molecule has 0 spiro atoms. The van der Waals surface area contributed by atoms with Crippen LogP contribution in [0.25, 0.3) is 0 Å². The van der Waals surface area contributed by atoms with Crippen LogP contribution in [0.15, 0.2) is 36.4 Å². The molecule has 5 nitrogen and oxygen atoms in total. The summed E-state index contributed by atoms with van der Waals surface area (Å²) in [5, 5.41) is 0.781. The summed E-state index contributed by atoms with van der Waals surface area (Å²) >= 11 is 6.11. The van der Waals surface area contributed by atoms with E-state index in [2.05, 4.69) is 28.0 Å². The second-order valence-electron chi connectivity index (χ2n) is 8.84.